The third-order valence-electron chi connectivity index (χ3n) is 3.52. The number of halogens is 2. The zero-order chi connectivity index (χ0) is 15.3. The third kappa shape index (κ3) is 4.44. The molecule has 1 N–H and O–H groups in total. The van der Waals surface area contributed by atoms with Crippen molar-refractivity contribution in [2.75, 3.05) is 6.54 Å². The summed E-state index contributed by atoms with van der Waals surface area (Å²) in [6.07, 6.45) is 2.01. The number of phenolic OH excluding ortho intramolecular Hbond substituents is 1. The fourth-order valence-electron chi connectivity index (χ4n) is 2.56. The largest absolute Gasteiger partial charge is 0.503 e. The number of aromatic hydroxyl groups is 1. The monoisotopic (exact) mass is 285 g/mol. The van der Waals surface area contributed by atoms with Crippen LogP contribution in [0.2, 0.25) is 0 Å². The van der Waals surface area contributed by atoms with Crippen LogP contribution in [0, 0.1) is 17.6 Å². The van der Waals surface area contributed by atoms with Crippen molar-refractivity contribution in [1.29, 1.82) is 0 Å². The van der Waals surface area contributed by atoms with Crippen molar-refractivity contribution >= 4 is 0 Å². The van der Waals surface area contributed by atoms with Crippen LogP contribution in [-0.2, 0) is 6.54 Å². The van der Waals surface area contributed by atoms with Gasteiger partial charge in [0.25, 0.3) is 0 Å². The van der Waals surface area contributed by atoms with E-state index in [0.29, 0.717) is 24.1 Å². The second-order valence-corrected chi connectivity index (χ2v) is 5.70. The van der Waals surface area contributed by atoms with E-state index in [1.54, 1.807) is 0 Å². The van der Waals surface area contributed by atoms with Gasteiger partial charge in [-0.3, -0.25) is 4.90 Å². The van der Waals surface area contributed by atoms with E-state index >= 15 is 0 Å². The Kier molecular flexibility index (Phi) is 6.40. The number of nitrogens with zero attached hydrogens (tertiary/aromatic N) is 1. The highest BCUT2D eigenvalue weighted by molar-refractivity contribution is 5.30. The predicted octanol–water partition coefficient (Wildman–Crippen LogP) is 4.32. The van der Waals surface area contributed by atoms with E-state index in [0.717, 1.165) is 19.4 Å². The van der Waals surface area contributed by atoms with E-state index in [-0.39, 0.29) is 0 Å². The molecule has 0 unspecified atom stereocenters. The summed E-state index contributed by atoms with van der Waals surface area (Å²) in [4.78, 5) is 2.26. The number of phenols is 1. The molecule has 2 nitrogen and oxygen atoms in total. The van der Waals surface area contributed by atoms with Gasteiger partial charge in [-0.2, -0.15) is 0 Å². The molecule has 0 aliphatic rings. The van der Waals surface area contributed by atoms with Crippen LogP contribution < -0.4 is 0 Å². The average Bonchev–Trinajstić information content (AvgIpc) is 2.36. The standard InChI is InChI=1S/C16H25F2NO/c1-5-13(6-2)19(9-11(3)4)10-12-7-14(17)16(20)15(18)8-12/h7-8,11,13,20H,5-6,9-10H2,1-4H3. The molecule has 0 aromatic heterocycles. The first-order valence-electron chi connectivity index (χ1n) is 7.29. The normalized spacial score (nSPS) is 11.8. The molecule has 0 saturated carbocycles. The SMILES string of the molecule is CCC(CC)N(Cc1cc(F)c(O)c(F)c1)CC(C)C. The molecule has 0 spiro atoms. The minimum atomic E-state index is -0.897. The predicted molar refractivity (Wildman–Crippen MR) is 77.6 cm³/mol. The number of hydrogen-bond acceptors (Lipinski definition) is 2. The first-order valence-corrected chi connectivity index (χ1v) is 7.29. The molecule has 1 aromatic rings. The number of rotatable bonds is 7. The number of hydrogen-bond donors (Lipinski definition) is 1. The van der Waals surface area contributed by atoms with E-state index in [9.17, 15) is 8.78 Å². The average molecular weight is 285 g/mol. The fourth-order valence-corrected chi connectivity index (χ4v) is 2.56. The Morgan fingerprint density at radius 3 is 2.00 bits per heavy atom. The summed E-state index contributed by atoms with van der Waals surface area (Å²) < 4.78 is 26.8. The minimum Gasteiger partial charge on any atom is -0.503 e. The minimum absolute atomic E-state index is 0.400. The lowest BCUT2D eigenvalue weighted by Gasteiger charge is -2.32. The maximum atomic E-state index is 13.4. The Balaban J connectivity index is 2.94. The smallest absolute Gasteiger partial charge is 0.187 e. The lowest BCUT2D eigenvalue weighted by Crippen LogP contribution is -2.36. The zero-order valence-electron chi connectivity index (χ0n) is 12.8. The highest BCUT2D eigenvalue weighted by Crippen LogP contribution is 2.23. The molecule has 0 heterocycles. The molecule has 0 aliphatic heterocycles. The van der Waals surface area contributed by atoms with Gasteiger partial charge in [0.2, 0.25) is 0 Å². The Hall–Kier alpha value is -1.16. The third-order valence-corrected chi connectivity index (χ3v) is 3.52. The summed E-state index contributed by atoms with van der Waals surface area (Å²) in [5.41, 5.74) is 0.561. The first kappa shape index (κ1) is 16.9. The van der Waals surface area contributed by atoms with Crippen molar-refractivity contribution in [2.45, 2.75) is 53.1 Å². The molecule has 0 fully saturated rings. The van der Waals surface area contributed by atoms with Crippen LogP contribution >= 0.6 is 0 Å². The van der Waals surface area contributed by atoms with Crippen LogP contribution in [0.3, 0.4) is 0 Å². The van der Waals surface area contributed by atoms with Gasteiger partial charge in [-0.1, -0.05) is 27.7 Å². The van der Waals surface area contributed by atoms with E-state index in [2.05, 4.69) is 32.6 Å². The van der Waals surface area contributed by atoms with Crippen LogP contribution in [-0.4, -0.2) is 22.6 Å². The molecular weight excluding hydrogens is 260 g/mol. The fraction of sp³-hybridized carbons (Fsp3) is 0.625. The quantitative estimate of drug-likeness (QED) is 0.806. The molecule has 0 saturated heterocycles. The summed E-state index contributed by atoms with van der Waals surface area (Å²) in [5.74, 6) is -2.20. The van der Waals surface area contributed by atoms with E-state index in [1.165, 1.54) is 12.1 Å². The Morgan fingerprint density at radius 2 is 1.60 bits per heavy atom. The summed E-state index contributed by atoms with van der Waals surface area (Å²) in [6.45, 7) is 9.90. The molecular formula is C16H25F2NO. The van der Waals surface area contributed by atoms with Crippen molar-refractivity contribution in [1.82, 2.24) is 4.90 Å². The van der Waals surface area contributed by atoms with Gasteiger partial charge in [-0.05, 0) is 36.5 Å². The molecule has 0 amide bonds. The molecule has 0 aliphatic carbocycles. The Labute approximate surface area is 120 Å². The molecule has 0 atom stereocenters. The van der Waals surface area contributed by atoms with Crippen molar-refractivity contribution in [3.05, 3.63) is 29.3 Å². The van der Waals surface area contributed by atoms with Crippen molar-refractivity contribution in [3.63, 3.8) is 0 Å². The van der Waals surface area contributed by atoms with Gasteiger partial charge in [0.05, 0.1) is 0 Å². The maximum Gasteiger partial charge on any atom is 0.187 e. The summed E-state index contributed by atoms with van der Waals surface area (Å²) in [7, 11) is 0. The van der Waals surface area contributed by atoms with Gasteiger partial charge in [-0.25, -0.2) is 8.78 Å². The lowest BCUT2D eigenvalue weighted by atomic mass is 10.1. The first-order chi connectivity index (χ1) is 9.38. The Morgan fingerprint density at radius 1 is 1.10 bits per heavy atom. The van der Waals surface area contributed by atoms with Gasteiger partial charge in [-0.15, -0.1) is 0 Å². The highest BCUT2D eigenvalue weighted by atomic mass is 19.1. The van der Waals surface area contributed by atoms with Gasteiger partial charge in [0.1, 0.15) is 0 Å². The summed E-state index contributed by atoms with van der Waals surface area (Å²) >= 11 is 0. The van der Waals surface area contributed by atoms with E-state index in [1.807, 2.05) is 0 Å². The van der Waals surface area contributed by atoms with E-state index < -0.39 is 17.4 Å². The Bertz CT molecular complexity index is 407. The van der Waals surface area contributed by atoms with Crippen LogP contribution in [0.4, 0.5) is 8.78 Å². The van der Waals surface area contributed by atoms with Crippen molar-refractivity contribution < 1.29 is 13.9 Å². The molecule has 1 aromatic carbocycles. The van der Waals surface area contributed by atoms with Crippen LogP contribution in [0.1, 0.15) is 46.1 Å². The number of benzene rings is 1. The van der Waals surface area contributed by atoms with Gasteiger partial charge < -0.3 is 5.11 Å². The molecule has 4 heteroatoms. The summed E-state index contributed by atoms with van der Waals surface area (Å²) in [5, 5.41) is 9.15. The molecule has 0 bridgehead atoms. The van der Waals surface area contributed by atoms with Gasteiger partial charge in [0.15, 0.2) is 17.4 Å². The highest BCUT2D eigenvalue weighted by Gasteiger charge is 2.18. The molecule has 114 valence electrons. The molecule has 1 rings (SSSR count). The van der Waals surface area contributed by atoms with Gasteiger partial charge in [0, 0.05) is 19.1 Å². The van der Waals surface area contributed by atoms with Crippen LogP contribution in [0.15, 0.2) is 12.1 Å². The van der Waals surface area contributed by atoms with Crippen LogP contribution in [0.5, 0.6) is 5.75 Å². The lowest BCUT2D eigenvalue weighted by molar-refractivity contribution is 0.157. The topological polar surface area (TPSA) is 23.5 Å². The van der Waals surface area contributed by atoms with Gasteiger partial charge >= 0.3 is 0 Å². The van der Waals surface area contributed by atoms with Crippen molar-refractivity contribution in [3.8, 4) is 5.75 Å². The zero-order valence-corrected chi connectivity index (χ0v) is 12.8. The van der Waals surface area contributed by atoms with Crippen molar-refractivity contribution in [2.24, 2.45) is 5.92 Å². The second-order valence-electron chi connectivity index (χ2n) is 5.70. The van der Waals surface area contributed by atoms with E-state index in [4.69, 9.17) is 5.11 Å². The molecule has 20 heavy (non-hydrogen) atoms. The maximum absolute atomic E-state index is 13.4. The molecule has 0 radical (unpaired) electrons. The second kappa shape index (κ2) is 7.58. The summed E-state index contributed by atoms with van der Waals surface area (Å²) in [6, 6.07) is 2.83. The van der Waals surface area contributed by atoms with Crippen LogP contribution in [0.25, 0.3) is 0 Å².